The number of rotatable bonds is 7. The smallest absolute Gasteiger partial charge is 0.236 e. The van der Waals surface area contributed by atoms with E-state index in [1.807, 2.05) is 18.2 Å². The third kappa shape index (κ3) is 4.30. The van der Waals surface area contributed by atoms with E-state index in [9.17, 15) is 13.2 Å². The highest BCUT2D eigenvalue weighted by Gasteiger charge is 2.38. The van der Waals surface area contributed by atoms with Crippen molar-refractivity contribution in [3.05, 3.63) is 35.9 Å². The van der Waals surface area contributed by atoms with Gasteiger partial charge in [-0.3, -0.25) is 4.79 Å². The Kier molecular flexibility index (Phi) is 5.24. The van der Waals surface area contributed by atoms with Crippen LogP contribution in [0.25, 0.3) is 0 Å². The minimum absolute atomic E-state index is 0.00741. The summed E-state index contributed by atoms with van der Waals surface area (Å²) < 4.78 is 22.3. The first kappa shape index (κ1) is 17.0. The Balaban J connectivity index is 1.90. The average molecular weight is 324 g/mol. The van der Waals surface area contributed by atoms with Crippen LogP contribution in [0, 0.1) is 0 Å². The summed E-state index contributed by atoms with van der Waals surface area (Å²) in [5.74, 6) is -0.336. The second-order valence-corrected chi connectivity index (χ2v) is 8.50. The van der Waals surface area contributed by atoms with E-state index < -0.39 is 15.9 Å². The minimum atomic E-state index is -3.09. The zero-order valence-corrected chi connectivity index (χ0v) is 13.7. The Bertz CT molecular complexity index is 610. The van der Waals surface area contributed by atoms with Gasteiger partial charge in [0, 0.05) is 18.2 Å². The maximum Gasteiger partial charge on any atom is 0.236 e. The monoisotopic (exact) mass is 324 g/mol. The van der Waals surface area contributed by atoms with Crippen molar-refractivity contribution in [2.75, 3.05) is 18.6 Å². The van der Waals surface area contributed by atoms with E-state index in [0.29, 0.717) is 6.54 Å². The van der Waals surface area contributed by atoms with Crippen LogP contribution in [0.3, 0.4) is 0 Å². The molecule has 1 saturated carbocycles. The van der Waals surface area contributed by atoms with Crippen LogP contribution in [0.4, 0.5) is 0 Å². The number of hydrogen-bond donors (Lipinski definition) is 2. The summed E-state index contributed by atoms with van der Waals surface area (Å²) in [7, 11) is -3.09. The van der Waals surface area contributed by atoms with E-state index in [4.69, 9.17) is 5.73 Å². The fourth-order valence-electron chi connectivity index (χ4n) is 2.82. The molecule has 1 aromatic carbocycles. The van der Waals surface area contributed by atoms with Crippen molar-refractivity contribution in [3.8, 4) is 0 Å². The molecule has 0 spiro atoms. The van der Waals surface area contributed by atoms with Crippen molar-refractivity contribution in [2.24, 2.45) is 5.73 Å². The number of sulfone groups is 1. The second-order valence-electron chi connectivity index (χ2n) is 6.24. The van der Waals surface area contributed by atoms with Crippen LogP contribution in [0.2, 0.25) is 0 Å². The van der Waals surface area contributed by atoms with Crippen molar-refractivity contribution in [2.45, 2.75) is 37.1 Å². The molecule has 1 fully saturated rings. The molecule has 1 amide bonds. The molecule has 0 aromatic heterocycles. The van der Waals surface area contributed by atoms with Crippen molar-refractivity contribution in [3.63, 3.8) is 0 Å². The Morgan fingerprint density at radius 2 is 1.95 bits per heavy atom. The van der Waals surface area contributed by atoms with Crippen LogP contribution in [-0.4, -0.2) is 38.9 Å². The standard InChI is InChI=1S/C16H24N2O3S/c1-22(20,21)11-8-14(17)15(19)18-12-16(9-5-10-16)13-6-3-2-4-7-13/h2-4,6-7,14H,5,8-12,17H2,1H3,(H,18,19). The van der Waals surface area contributed by atoms with Crippen molar-refractivity contribution in [1.29, 1.82) is 0 Å². The highest BCUT2D eigenvalue weighted by Crippen LogP contribution is 2.43. The van der Waals surface area contributed by atoms with Gasteiger partial charge in [-0.25, -0.2) is 8.42 Å². The lowest BCUT2D eigenvalue weighted by Crippen LogP contribution is -2.50. The fourth-order valence-corrected chi connectivity index (χ4v) is 3.50. The Morgan fingerprint density at radius 3 is 2.45 bits per heavy atom. The van der Waals surface area contributed by atoms with Gasteiger partial charge in [-0.05, 0) is 24.8 Å². The topological polar surface area (TPSA) is 89.3 Å². The molecule has 6 heteroatoms. The van der Waals surface area contributed by atoms with Gasteiger partial charge < -0.3 is 11.1 Å². The molecule has 22 heavy (non-hydrogen) atoms. The third-order valence-electron chi connectivity index (χ3n) is 4.43. The molecule has 1 unspecified atom stereocenters. The minimum Gasteiger partial charge on any atom is -0.354 e. The van der Waals surface area contributed by atoms with Crippen LogP contribution < -0.4 is 11.1 Å². The van der Waals surface area contributed by atoms with E-state index in [1.54, 1.807) is 0 Å². The van der Waals surface area contributed by atoms with Gasteiger partial charge in [0.15, 0.2) is 0 Å². The van der Waals surface area contributed by atoms with Gasteiger partial charge in [-0.2, -0.15) is 0 Å². The zero-order valence-electron chi connectivity index (χ0n) is 12.9. The lowest BCUT2D eigenvalue weighted by molar-refractivity contribution is -0.122. The quantitative estimate of drug-likeness (QED) is 0.782. The number of nitrogens with two attached hydrogens (primary N) is 1. The number of amides is 1. The van der Waals surface area contributed by atoms with Crippen molar-refractivity contribution < 1.29 is 13.2 Å². The molecular weight excluding hydrogens is 300 g/mol. The first-order valence-corrected chi connectivity index (χ1v) is 9.65. The molecular formula is C16H24N2O3S. The third-order valence-corrected chi connectivity index (χ3v) is 5.41. The molecule has 1 aromatic rings. The van der Waals surface area contributed by atoms with E-state index in [1.165, 1.54) is 5.56 Å². The number of carbonyl (C=O) groups is 1. The van der Waals surface area contributed by atoms with Crippen LogP contribution in [-0.2, 0) is 20.0 Å². The van der Waals surface area contributed by atoms with Gasteiger partial charge in [-0.15, -0.1) is 0 Å². The summed E-state index contributed by atoms with van der Waals surface area (Å²) in [6.45, 7) is 0.558. The molecule has 0 heterocycles. The van der Waals surface area contributed by atoms with Crippen molar-refractivity contribution >= 4 is 15.7 Å². The molecule has 3 N–H and O–H groups in total. The molecule has 5 nitrogen and oxygen atoms in total. The van der Waals surface area contributed by atoms with E-state index in [-0.39, 0.29) is 23.5 Å². The predicted molar refractivity (Wildman–Crippen MR) is 87.3 cm³/mol. The zero-order chi connectivity index (χ0) is 16.2. The summed E-state index contributed by atoms with van der Waals surface area (Å²) in [6.07, 6.45) is 4.57. The Hall–Kier alpha value is -1.40. The maximum atomic E-state index is 12.0. The predicted octanol–water partition coefficient (Wildman–Crippen LogP) is 0.987. The van der Waals surface area contributed by atoms with Crippen LogP contribution in [0.1, 0.15) is 31.2 Å². The molecule has 0 radical (unpaired) electrons. The molecule has 2 rings (SSSR count). The van der Waals surface area contributed by atoms with Crippen LogP contribution in [0.15, 0.2) is 30.3 Å². The number of benzene rings is 1. The molecule has 0 saturated heterocycles. The second kappa shape index (κ2) is 6.79. The van der Waals surface area contributed by atoms with Gasteiger partial charge in [0.25, 0.3) is 0 Å². The summed E-state index contributed by atoms with van der Waals surface area (Å²) in [6, 6.07) is 9.41. The average Bonchev–Trinajstić information content (AvgIpc) is 2.43. The van der Waals surface area contributed by atoms with Crippen molar-refractivity contribution in [1.82, 2.24) is 5.32 Å². The normalized spacial score (nSPS) is 18.3. The van der Waals surface area contributed by atoms with Gasteiger partial charge in [0.1, 0.15) is 9.84 Å². The lowest BCUT2D eigenvalue weighted by Gasteiger charge is -2.42. The Labute approximate surface area is 132 Å². The van der Waals surface area contributed by atoms with Gasteiger partial charge in [-0.1, -0.05) is 36.8 Å². The number of nitrogens with one attached hydrogen (secondary N) is 1. The summed E-state index contributed by atoms with van der Waals surface area (Å²) in [5, 5.41) is 2.90. The van der Waals surface area contributed by atoms with Gasteiger partial charge in [0.2, 0.25) is 5.91 Å². The maximum absolute atomic E-state index is 12.0. The lowest BCUT2D eigenvalue weighted by atomic mass is 9.64. The molecule has 1 aliphatic rings. The molecule has 0 aliphatic heterocycles. The molecule has 1 aliphatic carbocycles. The first-order chi connectivity index (χ1) is 10.3. The fraction of sp³-hybridized carbons (Fsp3) is 0.562. The Morgan fingerprint density at radius 1 is 1.32 bits per heavy atom. The van der Waals surface area contributed by atoms with Gasteiger partial charge in [0.05, 0.1) is 11.8 Å². The largest absolute Gasteiger partial charge is 0.354 e. The van der Waals surface area contributed by atoms with Gasteiger partial charge >= 0.3 is 0 Å². The molecule has 1 atom stereocenters. The van der Waals surface area contributed by atoms with Crippen LogP contribution >= 0.6 is 0 Å². The number of hydrogen-bond acceptors (Lipinski definition) is 4. The summed E-state index contributed by atoms with van der Waals surface area (Å²) in [4.78, 5) is 12.0. The summed E-state index contributed by atoms with van der Waals surface area (Å²) in [5.41, 5.74) is 7.02. The SMILES string of the molecule is CS(=O)(=O)CCC(N)C(=O)NCC1(c2ccccc2)CCC1. The highest BCUT2D eigenvalue weighted by molar-refractivity contribution is 7.90. The molecule has 0 bridgehead atoms. The van der Waals surface area contributed by atoms with E-state index in [2.05, 4.69) is 17.4 Å². The van der Waals surface area contributed by atoms with Crippen LogP contribution in [0.5, 0.6) is 0 Å². The molecule has 122 valence electrons. The summed E-state index contributed by atoms with van der Waals surface area (Å²) >= 11 is 0. The number of carbonyl (C=O) groups excluding carboxylic acids is 1. The van der Waals surface area contributed by atoms with E-state index >= 15 is 0 Å². The highest BCUT2D eigenvalue weighted by atomic mass is 32.2. The first-order valence-electron chi connectivity index (χ1n) is 7.59. The van der Waals surface area contributed by atoms with E-state index in [0.717, 1.165) is 25.5 Å².